The minimum atomic E-state index is -0.343. The fraction of sp³-hybridized carbons (Fsp3) is 0.176. The van der Waals surface area contributed by atoms with Crippen LogP contribution >= 0.6 is 11.8 Å². The quantitative estimate of drug-likeness (QED) is 0.694. The third kappa shape index (κ3) is 4.25. The second-order valence-electron chi connectivity index (χ2n) is 4.26. The molecule has 108 valence electrons. The monoisotopic (exact) mass is 301 g/mol. The van der Waals surface area contributed by atoms with Crippen LogP contribution in [0.3, 0.4) is 0 Å². The van der Waals surface area contributed by atoms with Gasteiger partial charge in [0.05, 0.1) is 12.1 Å². The average molecular weight is 301 g/mol. The highest BCUT2D eigenvalue weighted by Gasteiger charge is 2.04. The van der Waals surface area contributed by atoms with E-state index in [-0.39, 0.29) is 12.4 Å². The van der Waals surface area contributed by atoms with E-state index in [2.05, 4.69) is 11.8 Å². The first-order valence-corrected chi connectivity index (χ1v) is 7.70. The summed E-state index contributed by atoms with van der Waals surface area (Å²) in [5.41, 5.74) is 6.52. The molecular formula is C17H16FNOS. The van der Waals surface area contributed by atoms with Crippen LogP contribution in [-0.2, 0) is 6.61 Å². The molecule has 0 aliphatic heterocycles. The molecule has 2 rings (SSSR count). The molecule has 2 aromatic rings. The summed E-state index contributed by atoms with van der Waals surface area (Å²) < 4.78 is 19.4. The fourth-order valence-corrected chi connectivity index (χ4v) is 2.35. The number of halogens is 1. The summed E-state index contributed by atoms with van der Waals surface area (Å²) in [7, 11) is 0. The van der Waals surface area contributed by atoms with Crippen LogP contribution in [0.1, 0.15) is 11.1 Å². The normalized spacial score (nSPS) is 9.86. The minimum absolute atomic E-state index is 0.210. The molecular weight excluding hydrogens is 285 g/mol. The first kappa shape index (κ1) is 15.4. The molecule has 0 fully saturated rings. The Hall–Kier alpha value is -1.96. The van der Waals surface area contributed by atoms with E-state index in [1.807, 2.05) is 30.5 Å². The Balaban J connectivity index is 2.13. The van der Waals surface area contributed by atoms with E-state index >= 15 is 0 Å². The van der Waals surface area contributed by atoms with Gasteiger partial charge in [-0.15, -0.1) is 11.8 Å². The maximum atomic E-state index is 13.6. The van der Waals surface area contributed by atoms with Crippen LogP contribution in [0.25, 0.3) is 0 Å². The topological polar surface area (TPSA) is 35.2 Å². The van der Waals surface area contributed by atoms with Crippen LogP contribution in [-0.4, -0.2) is 12.8 Å². The van der Waals surface area contributed by atoms with Crippen molar-refractivity contribution in [3.63, 3.8) is 0 Å². The van der Waals surface area contributed by atoms with Gasteiger partial charge in [0, 0.05) is 4.90 Å². The summed E-state index contributed by atoms with van der Waals surface area (Å²) in [5, 5.41) is 0. The van der Waals surface area contributed by atoms with Crippen molar-refractivity contribution in [1.29, 1.82) is 0 Å². The molecule has 0 aliphatic rings. The molecule has 4 heteroatoms. The molecule has 0 aliphatic carbocycles. The number of thioether (sulfide) groups is 1. The lowest BCUT2D eigenvalue weighted by Gasteiger charge is -2.10. The Morgan fingerprint density at radius 1 is 1.24 bits per heavy atom. The predicted octanol–water partition coefficient (Wildman–Crippen LogP) is 3.44. The molecule has 2 aromatic carbocycles. The van der Waals surface area contributed by atoms with E-state index in [1.165, 1.54) is 6.07 Å². The van der Waals surface area contributed by atoms with E-state index in [4.69, 9.17) is 10.5 Å². The molecule has 0 radical (unpaired) electrons. The van der Waals surface area contributed by atoms with Gasteiger partial charge in [-0.2, -0.15) is 0 Å². The van der Waals surface area contributed by atoms with Crippen LogP contribution in [0.4, 0.5) is 4.39 Å². The molecule has 0 atom stereocenters. The lowest BCUT2D eigenvalue weighted by atomic mass is 10.1. The van der Waals surface area contributed by atoms with E-state index in [0.29, 0.717) is 12.2 Å². The maximum absolute atomic E-state index is 13.6. The highest BCUT2D eigenvalue weighted by molar-refractivity contribution is 7.98. The number of para-hydroxylation sites is 1. The van der Waals surface area contributed by atoms with Gasteiger partial charge >= 0.3 is 0 Å². The van der Waals surface area contributed by atoms with Gasteiger partial charge in [0.15, 0.2) is 0 Å². The Labute approximate surface area is 128 Å². The zero-order valence-corrected chi connectivity index (χ0v) is 12.5. The van der Waals surface area contributed by atoms with Crippen molar-refractivity contribution in [1.82, 2.24) is 0 Å². The number of ether oxygens (including phenoxy) is 1. The molecule has 0 amide bonds. The van der Waals surface area contributed by atoms with E-state index in [0.717, 1.165) is 16.2 Å². The van der Waals surface area contributed by atoms with Crippen molar-refractivity contribution in [3.05, 3.63) is 59.4 Å². The molecule has 0 aromatic heterocycles. The molecule has 0 unspecified atom stereocenters. The molecule has 0 spiro atoms. The number of rotatable bonds is 4. The predicted molar refractivity (Wildman–Crippen MR) is 84.9 cm³/mol. The third-order valence-electron chi connectivity index (χ3n) is 2.82. The summed E-state index contributed by atoms with van der Waals surface area (Å²) in [5.74, 6) is 5.86. The van der Waals surface area contributed by atoms with Crippen LogP contribution in [0.2, 0.25) is 0 Å². The van der Waals surface area contributed by atoms with Crippen LogP contribution in [0, 0.1) is 17.7 Å². The Morgan fingerprint density at radius 2 is 2.05 bits per heavy atom. The Bertz CT molecular complexity index is 676. The van der Waals surface area contributed by atoms with Gasteiger partial charge in [-0.3, -0.25) is 0 Å². The van der Waals surface area contributed by atoms with Gasteiger partial charge in [-0.1, -0.05) is 30.0 Å². The highest BCUT2D eigenvalue weighted by Crippen LogP contribution is 2.27. The largest absolute Gasteiger partial charge is 0.488 e. The average Bonchev–Trinajstić information content (AvgIpc) is 2.53. The molecule has 2 nitrogen and oxygen atoms in total. The number of hydrogen-bond acceptors (Lipinski definition) is 3. The van der Waals surface area contributed by atoms with Crippen molar-refractivity contribution in [2.24, 2.45) is 5.73 Å². The first-order chi connectivity index (χ1) is 10.2. The van der Waals surface area contributed by atoms with Gasteiger partial charge in [-0.25, -0.2) is 4.39 Å². The smallest absolute Gasteiger partial charge is 0.138 e. The molecule has 0 saturated heterocycles. The van der Waals surface area contributed by atoms with Gasteiger partial charge in [0.1, 0.15) is 18.2 Å². The van der Waals surface area contributed by atoms with Crippen molar-refractivity contribution < 1.29 is 9.13 Å². The summed E-state index contributed by atoms with van der Waals surface area (Å²) >= 11 is 1.63. The van der Waals surface area contributed by atoms with Crippen LogP contribution in [0.5, 0.6) is 5.75 Å². The van der Waals surface area contributed by atoms with Gasteiger partial charge in [0.2, 0.25) is 0 Å². The van der Waals surface area contributed by atoms with Gasteiger partial charge < -0.3 is 10.5 Å². The SMILES string of the molecule is CSc1ccccc1OCc1ccc(F)c(C#CCN)c1. The first-order valence-electron chi connectivity index (χ1n) is 6.47. The van der Waals surface area contributed by atoms with E-state index < -0.39 is 0 Å². The van der Waals surface area contributed by atoms with Crippen molar-refractivity contribution in [2.75, 3.05) is 12.8 Å². The summed E-state index contributed by atoms with van der Waals surface area (Å²) in [6.07, 6.45) is 2.00. The molecule has 0 heterocycles. The molecule has 2 N–H and O–H groups in total. The van der Waals surface area contributed by atoms with E-state index in [9.17, 15) is 4.39 Å². The van der Waals surface area contributed by atoms with Crippen molar-refractivity contribution in [2.45, 2.75) is 11.5 Å². The molecule has 21 heavy (non-hydrogen) atoms. The molecule has 0 bridgehead atoms. The summed E-state index contributed by atoms with van der Waals surface area (Å²) in [6, 6.07) is 12.6. The zero-order chi connectivity index (χ0) is 15.1. The lowest BCUT2D eigenvalue weighted by molar-refractivity contribution is 0.299. The maximum Gasteiger partial charge on any atom is 0.138 e. The highest BCUT2D eigenvalue weighted by atomic mass is 32.2. The standard InChI is InChI=1S/C17H16FNOS/c1-21-17-7-3-2-6-16(17)20-12-13-8-9-15(18)14(11-13)5-4-10-19/h2-3,6-9,11H,10,12,19H2,1H3. The Morgan fingerprint density at radius 3 is 2.81 bits per heavy atom. The summed E-state index contributed by atoms with van der Waals surface area (Å²) in [4.78, 5) is 1.07. The number of benzene rings is 2. The van der Waals surface area contributed by atoms with Crippen LogP contribution < -0.4 is 10.5 Å². The van der Waals surface area contributed by atoms with Crippen molar-refractivity contribution >= 4 is 11.8 Å². The number of nitrogens with two attached hydrogens (primary N) is 1. The second kappa shape index (κ2) is 7.72. The molecule has 0 saturated carbocycles. The second-order valence-corrected chi connectivity index (χ2v) is 5.11. The zero-order valence-electron chi connectivity index (χ0n) is 11.7. The number of hydrogen-bond donors (Lipinski definition) is 1. The summed E-state index contributed by atoms with van der Waals surface area (Å²) in [6.45, 7) is 0.580. The minimum Gasteiger partial charge on any atom is -0.488 e. The lowest BCUT2D eigenvalue weighted by Crippen LogP contribution is -1.98. The fourth-order valence-electron chi connectivity index (χ4n) is 1.80. The van der Waals surface area contributed by atoms with Gasteiger partial charge in [0.25, 0.3) is 0 Å². The van der Waals surface area contributed by atoms with E-state index in [1.54, 1.807) is 23.9 Å². The Kier molecular flexibility index (Phi) is 5.68. The van der Waals surface area contributed by atoms with Crippen LogP contribution in [0.15, 0.2) is 47.4 Å². The van der Waals surface area contributed by atoms with Crippen molar-refractivity contribution in [3.8, 4) is 17.6 Å². The van der Waals surface area contributed by atoms with Gasteiger partial charge in [-0.05, 0) is 36.1 Å². The third-order valence-corrected chi connectivity index (χ3v) is 3.60.